The second-order valence-electron chi connectivity index (χ2n) is 5.72. The number of halogens is 1. The molecule has 1 aromatic heterocycles. The molecule has 2 aromatic carbocycles. The molecule has 1 heterocycles. The first kappa shape index (κ1) is 19.7. The molecule has 0 radical (unpaired) electrons. The number of nitrogens with one attached hydrogen (secondary N) is 1. The molecular formula is C19H16ClN5O2S. The Bertz CT molecular complexity index is 1010. The van der Waals surface area contributed by atoms with Gasteiger partial charge in [0.1, 0.15) is 11.6 Å². The summed E-state index contributed by atoms with van der Waals surface area (Å²) in [5, 5.41) is 3.42. The second-order valence-corrected chi connectivity index (χ2v) is 7.10. The second kappa shape index (κ2) is 8.73. The molecule has 0 aliphatic heterocycles. The topological polar surface area (TPSA) is 124 Å². The molecule has 0 spiro atoms. The van der Waals surface area contributed by atoms with Gasteiger partial charge in [0.25, 0.3) is 0 Å². The third-order valence-electron chi connectivity index (χ3n) is 3.61. The van der Waals surface area contributed by atoms with E-state index in [1.807, 2.05) is 6.07 Å². The minimum Gasteiger partial charge on any atom is -0.383 e. The van der Waals surface area contributed by atoms with Crippen LogP contribution in [0.3, 0.4) is 0 Å². The van der Waals surface area contributed by atoms with Crippen molar-refractivity contribution in [3.63, 3.8) is 0 Å². The number of amides is 1. The predicted molar refractivity (Wildman–Crippen MR) is 112 cm³/mol. The van der Waals surface area contributed by atoms with Crippen LogP contribution in [0.2, 0.25) is 5.02 Å². The van der Waals surface area contributed by atoms with Crippen molar-refractivity contribution in [2.45, 2.75) is 5.16 Å². The lowest BCUT2D eigenvalue weighted by Gasteiger charge is -2.11. The number of aromatic nitrogens is 2. The van der Waals surface area contributed by atoms with Crippen molar-refractivity contribution >= 4 is 52.4 Å². The Morgan fingerprint density at radius 1 is 1.00 bits per heavy atom. The number of carbonyl (C=O) groups excluding carboxylic acids is 2. The van der Waals surface area contributed by atoms with Gasteiger partial charge in [-0.3, -0.25) is 9.59 Å². The Balaban J connectivity index is 1.75. The molecule has 3 rings (SSSR count). The van der Waals surface area contributed by atoms with Crippen LogP contribution in [0.25, 0.3) is 0 Å². The van der Waals surface area contributed by atoms with Gasteiger partial charge in [-0.05, 0) is 18.2 Å². The van der Waals surface area contributed by atoms with E-state index in [0.717, 1.165) is 11.8 Å². The number of hydrogen-bond donors (Lipinski definition) is 3. The van der Waals surface area contributed by atoms with Gasteiger partial charge >= 0.3 is 0 Å². The first-order valence-corrected chi connectivity index (χ1v) is 9.50. The number of hydrogen-bond acceptors (Lipinski definition) is 7. The number of ketones is 1. The quantitative estimate of drug-likeness (QED) is 0.322. The molecule has 0 aliphatic carbocycles. The van der Waals surface area contributed by atoms with Crippen LogP contribution in [0.5, 0.6) is 0 Å². The summed E-state index contributed by atoms with van der Waals surface area (Å²) in [5.74, 6) is -0.102. The van der Waals surface area contributed by atoms with Crippen LogP contribution in [0.15, 0.2) is 59.8 Å². The maximum Gasteiger partial charge on any atom is 0.234 e. The Morgan fingerprint density at radius 2 is 1.68 bits per heavy atom. The van der Waals surface area contributed by atoms with Gasteiger partial charge < -0.3 is 16.8 Å². The molecule has 9 heteroatoms. The summed E-state index contributed by atoms with van der Waals surface area (Å²) >= 11 is 7.13. The molecule has 0 atom stereocenters. The number of nitrogen functional groups attached to an aromatic ring is 2. The summed E-state index contributed by atoms with van der Waals surface area (Å²) in [6.45, 7) is 0. The number of anilines is 3. The zero-order chi connectivity index (χ0) is 20.1. The SMILES string of the molecule is Nc1cc(N)nc(SCC(=O)Nc2ccc(Cl)cc2C(=O)c2ccccc2)n1. The Morgan fingerprint density at radius 3 is 2.36 bits per heavy atom. The summed E-state index contributed by atoms with van der Waals surface area (Å²) < 4.78 is 0. The maximum atomic E-state index is 12.8. The fraction of sp³-hybridized carbons (Fsp3) is 0.0526. The predicted octanol–water partition coefficient (Wildman–Crippen LogP) is 3.26. The highest BCUT2D eigenvalue weighted by Crippen LogP contribution is 2.24. The van der Waals surface area contributed by atoms with Crippen molar-refractivity contribution in [2.24, 2.45) is 0 Å². The first-order valence-electron chi connectivity index (χ1n) is 8.14. The van der Waals surface area contributed by atoms with E-state index in [4.69, 9.17) is 23.1 Å². The normalized spacial score (nSPS) is 10.5. The van der Waals surface area contributed by atoms with E-state index in [0.29, 0.717) is 27.0 Å². The third kappa shape index (κ3) is 4.99. The number of thioether (sulfide) groups is 1. The first-order chi connectivity index (χ1) is 13.4. The molecule has 28 heavy (non-hydrogen) atoms. The maximum absolute atomic E-state index is 12.8. The molecule has 0 unspecified atom stereocenters. The molecule has 1 amide bonds. The highest BCUT2D eigenvalue weighted by atomic mass is 35.5. The Labute approximate surface area is 170 Å². The minimum absolute atomic E-state index is 0.0183. The van der Waals surface area contributed by atoms with E-state index in [1.54, 1.807) is 36.4 Å². The van der Waals surface area contributed by atoms with Crippen LogP contribution in [-0.4, -0.2) is 27.4 Å². The van der Waals surface area contributed by atoms with Gasteiger partial charge in [-0.1, -0.05) is 53.7 Å². The van der Waals surface area contributed by atoms with Crippen molar-refractivity contribution in [3.8, 4) is 0 Å². The monoisotopic (exact) mass is 413 g/mol. The minimum atomic E-state index is -0.334. The van der Waals surface area contributed by atoms with Crippen LogP contribution < -0.4 is 16.8 Å². The fourth-order valence-electron chi connectivity index (χ4n) is 2.40. The van der Waals surface area contributed by atoms with Crippen LogP contribution in [0.4, 0.5) is 17.3 Å². The van der Waals surface area contributed by atoms with Gasteiger partial charge in [0, 0.05) is 22.2 Å². The van der Waals surface area contributed by atoms with Crippen molar-refractivity contribution in [1.29, 1.82) is 0 Å². The van der Waals surface area contributed by atoms with Crippen LogP contribution in [-0.2, 0) is 4.79 Å². The molecule has 0 bridgehead atoms. The van der Waals surface area contributed by atoms with Gasteiger partial charge in [-0.2, -0.15) is 0 Å². The summed E-state index contributed by atoms with van der Waals surface area (Å²) in [6, 6.07) is 14.9. The van der Waals surface area contributed by atoms with Gasteiger partial charge in [0.05, 0.1) is 11.4 Å². The lowest BCUT2D eigenvalue weighted by atomic mass is 10.0. The van der Waals surface area contributed by atoms with Crippen molar-refractivity contribution in [3.05, 3.63) is 70.7 Å². The molecule has 0 saturated carbocycles. The van der Waals surface area contributed by atoms with E-state index in [1.165, 1.54) is 12.1 Å². The average Bonchev–Trinajstić information content (AvgIpc) is 2.67. The molecule has 7 nitrogen and oxygen atoms in total. The van der Waals surface area contributed by atoms with Crippen LogP contribution >= 0.6 is 23.4 Å². The van der Waals surface area contributed by atoms with E-state index >= 15 is 0 Å². The zero-order valence-corrected chi connectivity index (χ0v) is 16.1. The number of nitrogens with two attached hydrogens (primary N) is 2. The molecular weight excluding hydrogens is 398 g/mol. The highest BCUT2D eigenvalue weighted by Gasteiger charge is 2.16. The van der Waals surface area contributed by atoms with Crippen molar-refractivity contribution < 1.29 is 9.59 Å². The van der Waals surface area contributed by atoms with Crippen molar-refractivity contribution in [2.75, 3.05) is 22.5 Å². The van der Waals surface area contributed by atoms with Crippen molar-refractivity contribution in [1.82, 2.24) is 9.97 Å². The van der Waals surface area contributed by atoms with Crippen LogP contribution in [0.1, 0.15) is 15.9 Å². The number of rotatable bonds is 6. The van der Waals surface area contributed by atoms with Gasteiger partial charge in [-0.25, -0.2) is 9.97 Å². The number of nitrogens with zero attached hydrogens (tertiary/aromatic N) is 2. The zero-order valence-electron chi connectivity index (χ0n) is 14.6. The molecule has 142 valence electrons. The van der Waals surface area contributed by atoms with Gasteiger partial charge in [0.2, 0.25) is 5.91 Å². The van der Waals surface area contributed by atoms with E-state index in [2.05, 4.69) is 15.3 Å². The number of benzene rings is 2. The van der Waals surface area contributed by atoms with E-state index in [9.17, 15) is 9.59 Å². The van der Waals surface area contributed by atoms with E-state index < -0.39 is 0 Å². The third-order valence-corrected chi connectivity index (χ3v) is 4.70. The van der Waals surface area contributed by atoms with Gasteiger partial charge in [-0.15, -0.1) is 0 Å². The average molecular weight is 414 g/mol. The standard InChI is InChI=1S/C19H16ClN5O2S/c20-12-6-7-14(13(8-12)18(27)11-4-2-1-3-5-11)23-17(26)10-28-19-24-15(21)9-16(22)25-19/h1-9H,10H2,(H,23,26)(H4,21,22,24,25). The lowest BCUT2D eigenvalue weighted by molar-refractivity contribution is -0.113. The Kier molecular flexibility index (Phi) is 6.13. The molecule has 0 aliphatic rings. The fourth-order valence-corrected chi connectivity index (χ4v) is 3.25. The summed E-state index contributed by atoms with van der Waals surface area (Å²) in [4.78, 5) is 33.2. The van der Waals surface area contributed by atoms with Crippen LogP contribution in [0, 0.1) is 0 Å². The molecule has 0 fully saturated rings. The van der Waals surface area contributed by atoms with E-state index in [-0.39, 0.29) is 29.1 Å². The largest absolute Gasteiger partial charge is 0.383 e. The lowest BCUT2D eigenvalue weighted by Crippen LogP contribution is -2.17. The highest BCUT2D eigenvalue weighted by molar-refractivity contribution is 7.99. The molecule has 3 aromatic rings. The Hall–Kier alpha value is -3.10. The molecule has 5 N–H and O–H groups in total. The molecule has 0 saturated heterocycles. The summed E-state index contributed by atoms with van der Waals surface area (Å²) in [6.07, 6.45) is 0. The smallest absolute Gasteiger partial charge is 0.234 e. The number of carbonyl (C=O) groups is 2. The summed E-state index contributed by atoms with van der Waals surface area (Å²) in [5.41, 5.74) is 12.4. The van der Waals surface area contributed by atoms with Gasteiger partial charge in [0.15, 0.2) is 10.9 Å². The summed E-state index contributed by atoms with van der Waals surface area (Å²) in [7, 11) is 0.